The largest absolute Gasteiger partial charge is 0.393 e. The first kappa shape index (κ1) is 11.0. The fraction of sp³-hybridized carbons (Fsp3) is 1.00. The summed E-state index contributed by atoms with van der Waals surface area (Å²) in [5.41, 5.74) is 0. The zero-order valence-corrected chi connectivity index (χ0v) is 8.92. The van der Waals surface area contributed by atoms with E-state index in [1.54, 1.807) is 0 Å². The molecule has 0 heterocycles. The minimum Gasteiger partial charge on any atom is -0.393 e. The van der Waals surface area contributed by atoms with Gasteiger partial charge in [0.1, 0.15) is 0 Å². The topological polar surface area (TPSA) is 32.3 Å². The normalized spacial score (nSPS) is 30.7. The first-order chi connectivity index (χ1) is 6.24. The standard InChI is InChI=1S/C11H23NO/c1-3-10(13)7-8-12-11-6-4-5-9(11)2/h9-13H,3-8H2,1-2H3. The molecule has 2 nitrogen and oxygen atoms in total. The van der Waals surface area contributed by atoms with E-state index in [1.807, 2.05) is 6.92 Å². The molecule has 3 atom stereocenters. The van der Waals surface area contributed by atoms with Gasteiger partial charge in [-0.2, -0.15) is 0 Å². The summed E-state index contributed by atoms with van der Waals surface area (Å²) in [5.74, 6) is 0.832. The summed E-state index contributed by atoms with van der Waals surface area (Å²) in [6.45, 7) is 5.33. The molecule has 0 aromatic heterocycles. The van der Waals surface area contributed by atoms with Gasteiger partial charge in [-0.05, 0) is 38.1 Å². The van der Waals surface area contributed by atoms with Crippen molar-refractivity contribution in [3.05, 3.63) is 0 Å². The number of aliphatic hydroxyl groups excluding tert-OH is 1. The molecular formula is C11H23NO. The zero-order valence-electron chi connectivity index (χ0n) is 8.92. The van der Waals surface area contributed by atoms with E-state index >= 15 is 0 Å². The van der Waals surface area contributed by atoms with E-state index in [-0.39, 0.29) is 6.10 Å². The minimum absolute atomic E-state index is 0.107. The fourth-order valence-corrected chi connectivity index (χ4v) is 2.09. The van der Waals surface area contributed by atoms with Gasteiger partial charge < -0.3 is 10.4 Å². The molecule has 1 saturated carbocycles. The van der Waals surface area contributed by atoms with Crippen LogP contribution in [-0.2, 0) is 0 Å². The molecule has 3 unspecified atom stereocenters. The molecular weight excluding hydrogens is 162 g/mol. The van der Waals surface area contributed by atoms with Crippen molar-refractivity contribution >= 4 is 0 Å². The van der Waals surface area contributed by atoms with E-state index in [9.17, 15) is 5.11 Å². The highest BCUT2D eigenvalue weighted by Crippen LogP contribution is 2.24. The lowest BCUT2D eigenvalue weighted by molar-refractivity contribution is 0.157. The first-order valence-corrected chi connectivity index (χ1v) is 5.65. The van der Waals surface area contributed by atoms with Crippen molar-refractivity contribution in [1.29, 1.82) is 0 Å². The van der Waals surface area contributed by atoms with Gasteiger partial charge in [0.15, 0.2) is 0 Å². The summed E-state index contributed by atoms with van der Waals surface area (Å²) < 4.78 is 0. The third kappa shape index (κ3) is 3.65. The molecule has 1 fully saturated rings. The maximum atomic E-state index is 9.36. The highest BCUT2D eigenvalue weighted by molar-refractivity contribution is 4.80. The first-order valence-electron chi connectivity index (χ1n) is 5.65. The van der Waals surface area contributed by atoms with Gasteiger partial charge in [-0.3, -0.25) is 0 Å². The zero-order chi connectivity index (χ0) is 9.68. The van der Waals surface area contributed by atoms with Gasteiger partial charge in [0.25, 0.3) is 0 Å². The van der Waals surface area contributed by atoms with Gasteiger partial charge in [0, 0.05) is 6.04 Å². The number of nitrogens with one attached hydrogen (secondary N) is 1. The number of hydrogen-bond donors (Lipinski definition) is 2. The maximum absolute atomic E-state index is 9.36. The van der Waals surface area contributed by atoms with Crippen LogP contribution in [0, 0.1) is 5.92 Å². The molecule has 0 saturated heterocycles. The van der Waals surface area contributed by atoms with Crippen molar-refractivity contribution < 1.29 is 5.11 Å². The van der Waals surface area contributed by atoms with Gasteiger partial charge in [-0.25, -0.2) is 0 Å². The molecule has 0 aliphatic heterocycles. The predicted octanol–water partition coefficient (Wildman–Crippen LogP) is 1.93. The van der Waals surface area contributed by atoms with Gasteiger partial charge in [-0.1, -0.05) is 20.3 Å². The highest BCUT2D eigenvalue weighted by atomic mass is 16.3. The molecule has 2 N–H and O–H groups in total. The van der Waals surface area contributed by atoms with Crippen LogP contribution in [0.4, 0.5) is 0 Å². The van der Waals surface area contributed by atoms with Gasteiger partial charge in [-0.15, -0.1) is 0 Å². The number of aliphatic hydroxyl groups is 1. The molecule has 1 rings (SSSR count). The third-order valence-corrected chi connectivity index (χ3v) is 3.22. The van der Waals surface area contributed by atoms with E-state index in [2.05, 4.69) is 12.2 Å². The van der Waals surface area contributed by atoms with E-state index in [0.717, 1.165) is 25.3 Å². The van der Waals surface area contributed by atoms with Gasteiger partial charge in [0.05, 0.1) is 6.10 Å². The molecule has 13 heavy (non-hydrogen) atoms. The summed E-state index contributed by atoms with van der Waals surface area (Å²) >= 11 is 0. The van der Waals surface area contributed by atoms with Gasteiger partial charge >= 0.3 is 0 Å². The smallest absolute Gasteiger partial charge is 0.0549 e. The van der Waals surface area contributed by atoms with E-state index in [1.165, 1.54) is 19.3 Å². The molecule has 0 amide bonds. The van der Waals surface area contributed by atoms with Crippen LogP contribution >= 0.6 is 0 Å². The lowest BCUT2D eigenvalue weighted by Crippen LogP contribution is -2.33. The van der Waals surface area contributed by atoms with Crippen molar-refractivity contribution in [2.75, 3.05) is 6.54 Å². The Bertz CT molecular complexity index is 138. The quantitative estimate of drug-likeness (QED) is 0.686. The molecule has 1 aliphatic carbocycles. The van der Waals surface area contributed by atoms with Crippen LogP contribution in [0.1, 0.15) is 46.0 Å². The Labute approximate surface area is 81.7 Å². The van der Waals surface area contributed by atoms with Crippen LogP contribution in [0.5, 0.6) is 0 Å². The van der Waals surface area contributed by atoms with E-state index in [0.29, 0.717) is 6.04 Å². The van der Waals surface area contributed by atoms with Crippen LogP contribution in [0.25, 0.3) is 0 Å². The Morgan fingerprint density at radius 3 is 2.77 bits per heavy atom. The van der Waals surface area contributed by atoms with Crippen molar-refractivity contribution in [3.63, 3.8) is 0 Å². The summed E-state index contributed by atoms with van der Waals surface area (Å²) in [7, 11) is 0. The summed E-state index contributed by atoms with van der Waals surface area (Å²) in [4.78, 5) is 0. The highest BCUT2D eigenvalue weighted by Gasteiger charge is 2.22. The van der Waals surface area contributed by atoms with Crippen molar-refractivity contribution in [2.45, 2.75) is 58.1 Å². The van der Waals surface area contributed by atoms with E-state index < -0.39 is 0 Å². The second kappa shape index (κ2) is 5.61. The van der Waals surface area contributed by atoms with Crippen molar-refractivity contribution in [1.82, 2.24) is 5.32 Å². The number of rotatable bonds is 5. The van der Waals surface area contributed by atoms with Crippen molar-refractivity contribution in [2.24, 2.45) is 5.92 Å². The second-order valence-electron chi connectivity index (χ2n) is 4.32. The summed E-state index contributed by atoms with van der Waals surface area (Å²) in [6, 6.07) is 0.712. The van der Waals surface area contributed by atoms with E-state index in [4.69, 9.17) is 0 Å². The lowest BCUT2D eigenvalue weighted by Gasteiger charge is -2.18. The fourth-order valence-electron chi connectivity index (χ4n) is 2.09. The molecule has 0 aromatic rings. The Hall–Kier alpha value is -0.0800. The molecule has 78 valence electrons. The summed E-state index contributed by atoms with van der Waals surface area (Å²) in [6.07, 6.45) is 5.73. The maximum Gasteiger partial charge on any atom is 0.0549 e. The molecule has 0 bridgehead atoms. The molecule has 1 aliphatic rings. The van der Waals surface area contributed by atoms with Gasteiger partial charge in [0.2, 0.25) is 0 Å². The van der Waals surface area contributed by atoms with Crippen LogP contribution in [0.3, 0.4) is 0 Å². The number of hydrogen-bond acceptors (Lipinski definition) is 2. The predicted molar refractivity (Wildman–Crippen MR) is 55.7 cm³/mol. The monoisotopic (exact) mass is 185 g/mol. The molecule has 0 spiro atoms. The Morgan fingerprint density at radius 2 is 2.23 bits per heavy atom. The Kier molecular flexibility index (Phi) is 4.74. The van der Waals surface area contributed by atoms with Crippen LogP contribution in [0.15, 0.2) is 0 Å². The lowest BCUT2D eigenvalue weighted by atomic mass is 10.1. The van der Waals surface area contributed by atoms with Crippen molar-refractivity contribution in [3.8, 4) is 0 Å². The SMILES string of the molecule is CCC(O)CCNC1CCCC1C. The average molecular weight is 185 g/mol. The molecule has 0 aromatic carbocycles. The third-order valence-electron chi connectivity index (χ3n) is 3.22. The molecule has 0 radical (unpaired) electrons. The second-order valence-corrected chi connectivity index (χ2v) is 4.32. The van der Waals surface area contributed by atoms with Crippen LogP contribution in [-0.4, -0.2) is 23.8 Å². The summed E-state index contributed by atoms with van der Waals surface area (Å²) in [5, 5.41) is 12.9. The Balaban J connectivity index is 2.05. The van der Waals surface area contributed by atoms with Crippen LogP contribution < -0.4 is 5.32 Å². The van der Waals surface area contributed by atoms with Crippen LogP contribution in [0.2, 0.25) is 0 Å². The Morgan fingerprint density at radius 1 is 1.46 bits per heavy atom. The minimum atomic E-state index is -0.107. The average Bonchev–Trinajstić information content (AvgIpc) is 2.52. The molecule has 2 heteroatoms.